The van der Waals surface area contributed by atoms with Gasteiger partial charge < -0.3 is 9.80 Å². The van der Waals surface area contributed by atoms with Gasteiger partial charge in [0.05, 0.1) is 0 Å². The van der Waals surface area contributed by atoms with Crippen LogP contribution in [-0.2, 0) is 0 Å². The van der Waals surface area contributed by atoms with E-state index in [0.717, 1.165) is 0 Å². The highest BCUT2D eigenvalue weighted by molar-refractivity contribution is 5.96. The Morgan fingerprint density at radius 3 is 1.54 bits per heavy atom. The maximum atomic E-state index is 13.4. The van der Waals surface area contributed by atoms with E-state index in [1.165, 1.54) is 36.4 Å². The average molecular weight is 358 g/mol. The van der Waals surface area contributed by atoms with Gasteiger partial charge in [0.15, 0.2) is 0 Å². The molecule has 3 rings (SSSR count). The number of hydrogen-bond donors (Lipinski definition) is 0. The van der Waals surface area contributed by atoms with Gasteiger partial charge in [0.25, 0.3) is 11.8 Å². The van der Waals surface area contributed by atoms with Crippen molar-refractivity contribution < 1.29 is 18.4 Å². The van der Waals surface area contributed by atoms with E-state index in [4.69, 9.17) is 0 Å². The third-order valence-electron chi connectivity index (χ3n) is 4.65. The Bertz CT molecular complexity index is 771. The summed E-state index contributed by atoms with van der Waals surface area (Å²) in [7, 11) is 0. The first kappa shape index (κ1) is 18.0. The topological polar surface area (TPSA) is 40.6 Å². The van der Waals surface area contributed by atoms with Crippen molar-refractivity contribution in [2.45, 2.75) is 25.9 Å². The second-order valence-corrected chi connectivity index (χ2v) is 6.63. The van der Waals surface area contributed by atoms with Crippen LogP contribution < -0.4 is 0 Å². The highest BCUT2D eigenvalue weighted by Crippen LogP contribution is 2.21. The van der Waals surface area contributed by atoms with Gasteiger partial charge in [-0.15, -0.1) is 0 Å². The smallest absolute Gasteiger partial charge is 0.254 e. The third-order valence-corrected chi connectivity index (χ3v) is 4.65. The Morgan fingerprint density at radius 2 is 1.19 bits per heavy atom. The van der Waals surface area contributed by atoms with Crippen molar-refractivity contribution in [1.29, 1.82) is 0 Å². The molecule has 0 N–H and O–H groups in total. The standard InChI is InChI=1S/C20H20F2N2O2/c1-13-11-24(20(26)16-6-4-8-18(22)10-16)14(2)12-23(13)19(25)15-5-3-7-17(21)9-15/h3-10,13-14H,11-12H2,1-2H3/t13-,14-/m1/s1. The summed E-state index contributed by atoms with van der Waals surface area (Å²) in [5, 5.41) is 0. The lowest BCUT2D eigenvalue weighted by Crippen LogP contribution is -2.59. The number of carbonyl (C=O) groups is 2. The molecular weight excluding hydrogens is 338 g/mol. The highest BCUT2D eigenvalue weighted by atomic mass is 19.1. The molecular formula is C20H20F2N2O2. The Balaban J connectivity index is 1.77. The van der Waals surface area contributed by atoms with Crippen LogP contribution in [0.2, 0.25) is 0 Å². The summed E-state index contributed by atoms with van der Waals surface area (Å²) in [5.41, 5.74) is 0.572. The number of halogens is 2. The maximum absolute atomic E-state index is 13.4. The monoisotopic (exact) mass is 358 g/mol. The average Bonchev–Trinajstić information content (AvgIpc) is 2.62. The molecule has 0 spiro atoms. The van der Waals surface area contributed by atoms with E-state index >= 15 is 0 Å². The van der Waals surface area contributed by atoms with E-state index in [2.05, 4.69) is 0 Å². The molecule has 6 heteroatoms. The number of amides is 2. The van der Waals surface area contributed by atoms with Crippen LogP contribution in [0.3, 0.4) is 0 Å². The maximum Gasteiger partial charge on any atom is 0.254 e. The fourth-order valence-electron chi connectivity index (χ4n) is 3.27. The lowest BCUT2D eigenvalue weighted by atomic mass is 10.0. The molecule has 1 fully saturated rings. The summed E-state index contributed by atoms with van der Waals surface area (Å²) in [6.45, 7) is 4.35. The van der Waals surface area contributed by atoms with Gasteiger partial charge >= 0.3 is 0 Å². The second-order valence-electron chi connectivity index (χ2n) is 6.63. The summed E-state index contributed by atoms with van der Waals surface area (Å²) in [5.74, 6) is -1.45. The Hall–Kier alpha value is -2.76. The molecule has 0 bridgehead atoms. The largest absolute Gasteiger partial charge is 0.332 e. The Morgan fingerprint density at radius 1 is 0.808 bits per heavy atom. The summed E-state index contributed by atoms with van der Waals surface area (Å²) < 4.78 is 26.8. The van der Waals surface area contributed by atoms with Gasteiger partial charge in [0.2, 0.25) is 0 Å². The van der Waals surface area contributed by atoms with E-state index in [1.54, 1.807) is 21.9 Å². The molecule has 2 aromatic carbocycles. The van der Waals surface area contributed by atoms with Crippen LogP contribution in [0, 0.1) is 11.6 Å². The van der Waals surface area contributed by atoms with Gasteiger partial charge in [-0.1, -0.05) is 12.1 Å². The van der Waals surface area contributed by atoms with Gasteiger partial charge in [-0.25, -0.2) is 8.78 Å². The minimum atomic E-state index is -0.462. The van der Waals surface area contributed by atoms with E-state index in [1.807, 2.05) is 13.8 Å². The first-order valence-electron chi connectivity index (χ1n) is 8.50. The zero-order chi connectivity index (χ0) is 18.8. The number of rotatable bonds is 2. The van der Waals surface area contributed by atoms with Gasteiger partial charge in [-0.05, 0) is 50.2 Å². The van der Waals surface area contributed by atoms with Crippen molar-refractivity contribution >= 4 is 11.8 Å². The minimum Gasteiger partial charge on any atom is -0.332 e. The number of benzene rings is 2. The van der Waals surface area contributed by atoms with Crippen molar-refractivity contribution in [2.24, 2.45) is 0 Å². The highest BCUT2D eigenvalue weighted by Gasteiger charge is 2.35. The summed E-state index contributed by atoms with van der Waals surface area (Å²) in [6.07, 6.45) is 0. The van der Waals surface area contributed by atoms with Crippen LogP contribution in [0.5, 0.6) is 0 Å². The van der Waals surface area contributed by atoms with E-state index in [-0.39, 0.29) is 35.0 Å². The van der Waals surface area contributed by atoms with E-state index in [9.17, 15) is 18.4 Å². The van der Waals surface area contributed by atoms with Gasteiger partial charge in [-0.3, -0.25) is 9.59 Å². The quantitative estimate of drug-likeness (QED) is 0.826. The summed E-state index contributed by atoms with van der Waals surface area (Å²) >= 11 is 0. The van der Waals surface area contributed by atoms with Crippen LogP contribution in [0.4, 0.5) is 8.78 Å². The zero-order valence-electron chi connectivity index (χ0n) is 14.7. The van der Waals surface area contributed by atoms with Gasteiger partial charge in [0, 0.05) is 36.3 Å². The van der Waals surface area contributed by atoms with E-state index in [0.29, 0.717) is 13.1 Å². The minimum absolute atomic E-state index is 0.237. The molecule has 4 nitrogen and oxygen atoms in total. The molecule has 1 aliphatic rings. The predicted octanol–water partition coefficient (Wildman–Crippen LogP) is 3.34. The molecule has 2 atom stereocenters. The van der Waals surface area contributed by atoms with Crippen molar-refractivity contribution in [2.75, 3.05) is 13.1 Å². The lowest BCUT2D eigenvalue weighted by molar-refractivity contribution is 0.0269. The van der Waals surface area contributed by atoms with Crippen molar-refractivity contribution in [3.63, 3.8) is 0 Å². The molecule has 1 heterocycles. The van der Waals surface area contributed by atoms with Crippen molar-refractivity contribution in [3.05, 3.63) is 71.3 Å². The van der Waals surface area contributed by atoms with Crippen LogP contribution in [0.25, 0.3) is 0 Å². The fraction of sp³-hybridized carbons (Fsp3) is 0.300. The summed E-state index contributed by atoms with van der Waals surface area (Å²) in [6, 6.07) is 10.7. The lowest BCUT2D eigenvalue weighted by Gasteiger charge is -2.44. The Labute approximate surface area is 151 Å². The normalized spacial score (nSPS) is 20.2. The molecule has 0 unspecified atom stereocenters. The first-order valence-corrected chi connectivity index (χ1v) is 8.50. The first-order chi connectivity index (χ1) is 12.4. The van der Waals surface area contributed by atoms with Crippen LogP contribution in [-0.4, -0.2) is 46.8 Å². The number of nitrogens with zero attached hydrogens (tertiary/aromatic N) is 2. The van der Waals surface area contributed by atoms with Crippen LogP contribution in [0.1, 0.15) is 34.6 Å². The molecule has 1 aliphatic heterocycles. The van der Waals surface area contributed by atoms with Gasteiger partial charge in [-0.2, -0.15) is 0 Å². The predicted molar refractivity (Wildman–Crippen MR) is 93.8 cm³/mol. The molecule has 0 saturated carbocycles. The fourth-order valence-corrected chi connectivity index (χ4v) is 3.27. The number of carbonyl (C=O) groups excluding carboxylic acids is 2. The molecule has 26 heavy (non-hydrogen) atoms. The van der Waals surface area contributed by atoms with E-state index < -0.39 is 11.6 Å². The van der Waals surface area contributed by atoms with Crippen molar-refractivity contribution in [1.82, 2.24) is 9.80 Å². The summed E-state index contributed by atoms with van der Waals surface area (Å²) in [4.78, 5) is 28.7. The molecule has 136 valence electrons. The SMILES string of the molecule is C[C@@H]1CN(C(=O)c2cccc(F)c2)[C@H](C)CN1C(=O)c1cccc(F)c1. The molecule has 1 saturated heterocycles. The zero-order valence-corrected chi connectivity index (χ0v) is 14.7. The van der Waals surface area contributed by atoms with Gasteiger partial charge in [0.1, 0.15) is 11.6 Å². The molecule has 0 aromatic heterocycles. The molecule has 0 aliphatic carbocycles. The van der Waals surface area contributed by atoms with Crippen molar-refractivity contribution in [3.8, 4) is 0 Å². The Kier molecular flexibility index (Phi) is 5.02. The second kappa shape index (κ2) is 7.23. The molecule has 2 aromatic rings. The van der Waals surface area contributed by atoms with Crippen LogP contribution >= 0.6 is 0 Å². The number of piperazine rings is 1. The third kappa shape index (κ3) is 3.59. The molecule has 2 amide bonds. The number of hydrogen-bond acceptors (Lipinski definition) is 2. The van der Waals surface area contributed by atoms with Crippen LogP contribution in [0.15, 0.2) is 48.5 Å². The molecule has 0 radical (unpaired) electrons.